The first-order chi connectivity index (χ1) is 32.3. The summed E-state index contributed by atoms with van der Waals surface area (Å²) in [6.07, 6.45) is 5.71. The fourth-order valence-corrected chi connectivity index (χ4v) is 7.89. The molecule has 372 valence electrons. The van der Waals surface area contributed by atoms with Gasteiger partial charge in [0.15, 0.2) is 11.4 Å². The summed E-state index contributed by atoms with van der Waals surface area (Å²) in [6.45, 7) is 11.0. The number of Topliss-reactive ketones (excluding diaryl/α,β-unsaturated/α-hetero) is 1. The third-order valence-electron chi connectivity index (χ3n) is 11.1. The fraction of sp³-hybridized carbons (Fsp3) is 0.560. The van der Waals surface area contributed by atoms with Gasteiger partial charge in [0.25, 0.3) is 0 Å². The van der Waals surface area contributed by atoms with Crippen molar-refractivity contribution in [2.45, 2.75) is 109 Å². The Labute approximate surface area is 414 Å². The van der Waals surface area contributed by atoms with Crippen molar-refractivity contribution in [1.29, 1.82) is 0 Å². The van der Waals surface area contributed by atoms with Gasteiger partial charge in [0.05, 0.1) is 45.3 Å². The minimum absolute atomic E-state index is 0.0167. The average Bonchev–Trinajstić information content (AvgIpc) is 3.31. The zero-order valence-electron chi connectivity index (χ0n) is 40.3. The first-order valence-corrected chi connectivity index (χ1v) is 24.7. The average molecular weight is 1060 g/mol. The molecule has 2 aromatic carbocycles. The Kier molecular flexibility index (Phi) is 24.7. The minimum Gasteiger partial charge on any atom is -0.450 e. The Morgan fingerprint density at radius 1 is 0.765 bits per heavy atom. The number of amides is 6. The highest BCUT2D eigenvalue weighted by Gasteiger charge is 2.42. The van der Waals surface area contributed by atoms with Crippen LogP contribution in [0.2, 0.25) is 0 Å². The molecule has 0 aromatic heterocycles. The topological polar surface area (TPSA) is 222 Å². The number of nitrogens with zero attached hydrogens (tertiary/aromatic N) is 2. The quantitative estimate of drug-likeness (QED) is 0.0361. The Bertz CT molecular complexity index is 2030. The van der Waals surface area contributed by atoms with Crippen molar-refractivity contribution >= 4 is 69.8 Å². The molecule has 1 fully saturated rings. The summed E-state index contributed by atoms with van der Waals surface area (Å²) >= 11 is 1.92. The second-order valence-corrected chi connectivity index (χ2v) is 18.9. The van der Waals surface area contributed by atoms with Crippen molar-refractivity contribution in [2.24, 2.45) is 11.8 Å². The number of aryl methyl sites for hydroxylation is 1. The van der Waals surface area contributed by atoms with Gasteiger partial charge in [0.2, 0.25) is 35.4 Å². The molecule has 0 aliphatic carbocycles. The van der Waals surface area contributed by atoms with Crippen LogP contribution in [-0.4, -0.2) is 144 Å². The van der Waals surface area contributed by atoms with Crippen LogP contribution >= 0.6 is 22.6 Å². The lowest BCUT2D eigenvalue weighted by Gasteiger charge is -2.32. The van der Waals surface area contributed by atoms with E-state index in [1.54, 1.807) is 24.3 Å². The van der Waals surface area contributed by atoms with Crippen LogP contribution in [0.5, 0.6) is 0 Å². The Morgan fingerprint density at radius 2 is 1.31 bits per heavy atom. The smallest absolute Gasteiger partial charge is 0.307 e. The van der Waals surface area contributed by atoms with Crippen molar-refractivity contribution in [2.75, 3.05) is 57.4 Å². The number of halogens is 1. The molecule has 0 bridgehead atoms. The Balaban J connectivity index is 1.81. The molecule has 0 saturated carbocycles. The lowest BCUT2D eigenvalue weighted by atomic mass is 9.90. The second kappa shape index (κ2) is 29.5. The molecule has 5 N–H and O–H groups in total. The molecular weight excluding hydrogens is 985 g/mol. The number of hydrogen-bond acceptors (Lipinski definition) is 11. The number of esters is 1. The van der Waals surface area contributed by atoms with Gasteiger partial charge in [-0.05, 0) is 55.6 Å². The summed E-state index contributed by atoms with van der Waals surface area (Å²) in [6, 6.07) is 14.1. The van der Waals surface area contributed by atoms with E-state index in [0.717, 1.165) is 5.56 Å². The molecule has 0 spiro atoms. The molecule has 18 heteroatoms. The van der Waals surface area contributed by atoms with Crippen LogP contribution in [0.1, 0.15) is 77.8 Å². The monoisotopic (exact) mass is 1060 g/mol. The predicted octanol–water partition coefficient (Wildman–Crippen LogP) is 2.52. The molecule has 17 nitrogen and oxygen atoms in total. The van der Waals surface area contributed by atoms with E-state index in [2.05, 4.69) is 32.5 Å². The van der Waals surface area contributed by atoms with Crippen molar-refractivity contribution in [3.8, 4) is 12.3 Å². The van der Waals surface area contributed by atoms with Crippen LogP contribution in [0, 0.1) is 24.2 Å². The molecule has 68 heavy (non-hydrogen) atoms. The summed E-state index contributed by atoms with van der Waals surface area (Å²) in [7, 11) is 1.50. The van der Waals surface area contributed by atoms with Gasteiger partial charge in [-0.2, -0.15) is 0 Å². The maximum atomic E-state index is 14.4. The number of carbonyl (C=O) groups is 8. The van der Waals surface area contributed by atoms with Gasteiger partial charge in [-0.25, -0.2) is 0 Å². The molecule has 1 aliphatic heterocycles. The van der Waals surface area contributed by atoms with E-state index in [1.165, 1.54) is 18.9 Å². The lowest BCUT2D eigenvalue weighted by Crippen LogP contribution is -2.60. The van der Waals surface area contributed by atoms with E-state index < -0.39 is 71.1 Å². The van der Waals surface area contributed by atoms with Crippen LogP contribution in [0.4, 0.5) is 0 Å². The Hall–Kier alpha value is -5.39. The third kappa shape index (κ3) is 20.5. The van der Waals surface area contributed by atoms with Crippen LogP contribution in [0.15, 0.2) is 60.7 Å². The lowest BCUT2D eigenvalue weighted by molar-refractivity contribution is -0.164. The summed E-state index contributed by atoms with van der Waals surface area (Å²) in [5.41, 5.74) is -0.0253. The second-order valence-electron chi connectivity index (χ2n) is 18.1. The van der Waals surface area contributed by atoms with Crippen molar-refractivity contribution in [3.05, 3.63) is 71.8 Å². The highest BCUT2D eigenvalue weighted by Crippen LogP contribution is 2.23. The van der Waals surface area contributed by atoms with Crippen molar-refractivity contribution < 1.29 is 47.8 Å². The summed E-state index contributed by atoms with van der Waals surface area (Å²) in [5.74, 6) is -2.42. The number of rotatable bonds is 28. The standard InChI is InChI=1S/C50H70IN7O10/c1-8-23-57(7)44(61)31-52-42(59)21-22-45(62)68-50(6,33-51)46(63)39(28-34(2)3)54-49(66)41(30-37-17-13-10-14-18-37)56-48(65)40(29-35(4)5)55-47(64)38(20-19-36-15-11-9-12-16-36)53-43(60)32-58-24-26-67-27-25-58/h1,9-18,34-35,38-41H,19-33H2,2-7H3,(H,52,59)(H,53,60)(H,54,66)(H,55,64)(H,56,65)/t38-,39-,40-,41-,50?/m0/s1. The maximum absolute atomic E-state index is 14.4. The van der Waals surface area contributed by atoms with Crippen LogP contribution < -0.4 is 26.6 Å². The van der Waals surface area contributed by atoms with Gasteiger partial charge >= 0.3 is 5.97 Å². The Morgan fingerprint density at radius 3 is 1.90 bits per heavy atom. The largest absolute Gasteiger partial charge is 0.450 e. The fourth-order valence-electron chi connectivity index (χ4n) is 7.36. The summed E-state index contributed by atoms with van der Waals surface area (Å²) in [5, 5.41) is 14.0. The van der Waals surface area contributed by atoms with Crippen LogP contribution in [0.25, 0.3) is 0 Å². The number of morpholine rings is 1. The maximum Gasteiger partial charge on any atom is 0.307 e. The van der Waals surface area contributed by atoms with Crippen LogP contribution in [-0.2, 0) is 60.7 Å². The molecule has 1 unspecified atom stereocenters. The highest BCUT2D eigenvalue weighted by atomic mass is 127. The first kappa shape index (κ1) is 56.9. The number of nitrogens with one attached hydrogen (secondary N) is 5. The van der Waals surface area contributed by atoms with E-state index in [9.17, 15) is 38.4 Å². The molecule has 2 aromatic rings. The zero-order valence-corrected chi connectivity index (χ0v) is 42.4. The first-order valence-electron chi connectivity index (χ1n) is 23.2. The van der Waals surface area contributed by atoms with E-state index in [4.69, 9.17) is 15.9 Å². The van der Waals surface area contributed by atoms with Gasteiger partial charge < -0.3 is 41.0 Å². The molecule has 5 atom stereocenters. The van der Waals surface area contributed by atoms with Crippen molar-refractivity contribution in [1.82, 2.24) is 36.4 Å². The van der Waals surface area contributed by atoms with Gasteiger partial charge in [-0.15, -0.1) is 6.42 Å². The zero-order chi connectivity index (χ0) is 50.2. The molecule has 1 aliphatic rings. The SMILES string of the molecule is C#CCN(C)C(=O)CNC(=O)CCC(=O)OC(C)(CI)C(=O)[C@H](CC(C)C)NC(=O)[C@H](Cc1ccccc1)NC(=O)[C@H](CC(C)C)NC(=O)[C@H](CCc1ccccc1)NC(=O)CN1CCOCC1. The molecule has 6 amide bonds. The minimum atomic E-state index is -1.71. The number of likely N-dealkylation sites (N-methyl/N-ethyl adjacent to an activating group) is 1. The number of benzene rings is 2. The summed E-state index contributed by atoms with van der Waals surface area (Å²) < 4.78 is 11.2. The molecule has 0 radical (unpaired) electrons. The number of hydrogen-bond donors (Lipinski definition) is 5. The number of ketones is 1. The number of carbonyl (C=O) groups excluding carboxylic acids is 8. The highest BCUT2D eigenvalue weighted by molar-refractivity contribution is 14.1. The van der Waals surface area contributed by atoms with Gasteiger partial charge in [0, 0.05) is 37.4 Å². The van der Waals surface area contributed by atoms with Gasteiger partial charge in [-0.1, -0.05) is 117 Å². The van der Waals surface area contributed by atoms with E-state index in [1.807, 2.05) is 91.6 Å². The predicted molar refractivity (Wildman–Crippen MR) is 266 cm³/mol. The summed E-state index contributed by atoms with van der Waals surface area (Å²) in [4.78, 5) is 112. The molecule has 1 saturated heterocycles. The number of terminal acetylenes is 1. The van der Waals surface area contributed by atoms with E-state index >= 15 is 0 Å². The number of alkyl halides is 1. The number of ether oxygens (including phenoxy) is 2. The normalized spacial score (nSPS) is 15.3. The van der Waals surface area contributed by atoms with E-state index in [0.29, 0.717) is 38.3 Å². The van der Waals surface area contributed by atoms with Crippen molar-refractivity contribution in [3.63, 3.8) is 0 Å². The molecule has 3 rings (SSSR count). The van der Waals surface area contributed by atoms with E-state index in [-0.39, 0.29) is 80.3 Å². The third-order valence-corrected chi connectivity index (χ3v) is 12.6. The van der Waals surface area contributed by atoms with Gasteiger partial charge in [-0.3, -0.25) is 43.3 Å². The molecule has 1 heterocycles. The van der Waals surface area contributed by atoms with Crippen LogP contribution in [0.3, 0.4) is 0 Å². The molecular formula is C50H70IN7O10. The van der Waals surface area contributed by atoms with Gasteiger partial charge in [0.1, 0.15) is 18.1 Å².